The van der Waals surface area contributed by atoms with Crippen LogP contribution in [0.1, 0.15) is 104 Å². The summed E-state index contributed by atoms with van der Waals surface area (Å²) >= 11 is 0. The van der Waals surface area contributed by atoms with Crippen molar-refractivity contribution in [2.24, 2.45) is 0 Å². The summed E-state index contributed by atoms with van der Waals surface area (Å²) in [4.78, 5) is 41.9. The fourth-order valence-electron chi connectivity index (χ4n) is 6.58. The Balaban J connectivity index is 1.69. The third-order valence-electron chi connectivity index (χ3n) is 9.56. The lowest BCUT2D eigenvalue weighted by Crippen LogP contribution is -2.32. The smallest absolute Gasteiger partial charge is 0.303 e. The Bertz CT molecular complexity index is 2040. The molecule has 5 N–H and O–H groups in total. The van der Waals surface area contributed by atoms with Gasteiger partial charge < -0.3 is 25.7 Å². The fourth-order valence-corrected chi connectivity index (χ4v) is 6.58. The number of amides is 1. The highest BCUT2D eigenvalue weighted by Crippen LogP contribution is 2.38. The van der Waals surface area contributed by atoms with Crippen LogP contribution in [0.4, 0.5) is 0 Å². The second kappa shape index (κ2) is 15.5. The van der Waals surface area contributed by atoms with Crippen molar-refractivity contribution in [3.63, 3.8) is 0 Å². The average Bonchev–Trinajstić information content (AvgIpc) is 3.73. The van der Waals surface area contributed by atoms with Crippen LogP contribution < -0.4 is 10.6 Å². The van der Waals surface area contributed by atoms with Gasteiger partial charge in [-0.1, -0.05) is 38.7 Å². The number of nitrogens with one attached hydrogen (secondary N) is 4. The van der Waals surface area contributed by atoms with Crippen LogP contribution in [-0.2, 0) is 9.59 Å². The lowest BCUT2D eigenvalue weighted by molar-refractivity contribution is -0.136. The number of aryl methyl sites for hydroxylation is 2. The van der Waals surface area contributed by atoms with E-state index in [2.05, 4.69) is 60.6 Å². The van der Waals surface area contributed by atoms with Gasteiger partial charge in [-0.25, -0.2) is 9.97 Å². The molecule has 5 rings (SSSR count). The third kappa shape index (κ3) is 7.67. The molecule has 1 amide bonds. The van der Waals surface area contributed by atoms with E-state index >= 15 is 0 Å². The van der Waals surface area contributed by atoms with Crippen LogP contribution >= 0.6 is 0 Å². The Labute approximate surface area is 288 Å². The number of aromatic nitrogens is 4. The number of rotatable bonds is 14. The van der Waals surface area contributed by atoms with E-state index in [4.69, 9.17) is 9.97 Å². The maximum absolute atomic E-state index is 12.9. The Morgan fingerprint density at radius 2 is 1.27 bits per heavy atom. The molecule has 0 atom stereocenters. The number of hydrogen-bond acceptors (Lipinski definition) is 5. The summed E-state index contributed by atoms with van der Waals surface area (Å²) in [6.45, 7) is 20.8. The Morgan fingerprint density at radius 1 is 0.735 bits per heavy atom. The summed E-state index contributed by atoms with van der Waals surface area (Å²) < 4.78 is 0. The van der Waals surface area contributed by atoms with Gasteiger partial charge in [0, 0.05) is 59.1 Å². The molecule has 5 heterocycles. The first kappa shape index (κ1) is 35.3. The van der Waals surface area contributed by atoms with Gasteiger partial charge in [-0.2, -0.15) is 0 Å². The molecule has 0 saturated carbocycles. The number of allylic oxidation sites excluding steroid dienone is 4. The van der Waals surface area contributed by atoms with E-state index in [0.717, 1.165) is 110 Å². The Morgan fingerprint density at radius 3 is 1.82 bits per heavy atom. The summed E-state index contributed by atoms with van der Waals surface area (Å²) in [5.41, 5.74) is 14.5. The first-order chi connectivity index (χ1) is 23.6. The van der Waals surface area contributed by atoms with E-state index in [1.54, 1.807) is 0 Å². The molecule has 2 aliphatic rings. The number of aliphatic carboxylic acids is 1. The molecule has 0 saturated heterocycles. The minimum Gasteiger partial charge on any atom is -0.481 e. The highest BCUT2D eigenvalue weighted by atomic mass is 16.4. The van der Waals surface area contributed by atoms with Crippen molar-refractivity contribution in [2.45, 2.75) is 73.1 Å². The van der Waals surface area contributed by atoms with Gasteiger partial charge in [0.2, 0.25) is 5.91 Å². The molecule has 9 heteroatoms. The highest BCUT2D eigenvalue weighted by molar-refractivity contribution is 5.97. The SMILES string of the molecule is C=Cc1c(C)c2cc3[nH]c(cc4nc(cc5nc(cc1[nH]2)C(C)=C5CCC(=O)NCCNCCCC)C(CCC(=O)O)=C4C)c(C)c3C=C. The number of carboxylic acid groups (broad SMARTS) is 1. The zero-order valence-corrected chi connectivity index (χ0v) is 29.4. The van der Waals surface area contributed by atoms with E-state index in [-0.39, 0.29) is 12.3 Å². The molecule has 49 heavy (non-hydrogen) atoms. The number of carbonyl (C=O) groups excluding carboxylic acids is 1. The van der Waals surface area contributed by atoms with Crippen molar-refractivity contribution < 1.29 is 14.7 Å². The first-order valence-corrected chi connectivity index (χ1v) is 17.2. The zero-order chi connectivity index (χ0) is 35.2. The minimum absolute atomic E-state index is 0.0115. The quantitative estimate of drug-likeness (QED) is 0.111. The van der Waals surface area contributed by atoms with Crippen molar-refractivity contribution in [2.75, 3.05) is 19.6 Å². The van der Waals surface area contributed by atoms with Crippen LogP contribution in [0.3, 0.4) is 0 Å². The molecular formula is C40H48N6O3. The Hall–Kier alpha value is -5.02. The number of fused-ring (bicyclic) bond motifs is 8. The van der Waals surface area contributed by atoms with Gasteiger partial charge in [0.1, 0.15) is 0 Å². The lowest BCUT2D eigenvalue weighted by atomic mass is 9.98. The molecule has 0 radical (unpaired) electrons. The topological polar surface area (TPSA) is 136 Å². The second-order valence-corrected chi connectivity index (χ2v) is 12.8. The number of aromatic amines is 2. The monoisotopic (exact) mass is 660 g/mol. The maximum atomic E-state index is 12.9. The number of unbranched alkanes of at least 4 members (excludes halogenated alkanes) is 1. The number of nitrogens with zero attached hydrogens (tertiary/aromatic N) is 2. The summed E-state index contributed by atoms with van der Waals surface area (Å²) in [7, 11) is 0. The summed E-state index contributed by atoms with van der Waals surface area (Å²) in [6, 6.07) is 8.11. The van der Waals surface area contributed by atoms with Crippen molar-refractivity contribution in [1.82, 2.24) is 30.6 Å². The summed E-state index contributed by atoms with van der Waals surface area (Å²) in [5, 5.41) is 16.0. The van der Waals surface area contributed by atoms with E-state index in [0.29, 0.717) is 31.5 Å². The van der Waals surface area contributed by atoms with Crippen LogP contribution in [0.15, 0.2) is 37.4 Å². The molecule has 0 aliphatic carbocycles. The molecule has 0 aromatic carbocycles. The molecule has 0 unspecified atom stereocenters. The molecule has 256 valence electrons. The van der Waals surface area contributed by atoms with Crippen LogP contribution in [0.25, 0.3) is 56.5 Å². The minimum atomic E-state index is -0.864. The number of carboxylic acids is 1. The van der Waals surface area contributed by atoms with E-state index in [9.17, 15) is 14.7 Å². The molecular weight excluding hydrogens is 612 g/mol. The van der Waals surface area contributed by atoms with Crippen molar-refractivity contribution >= 4 is 68.4 Å². The van der Waals surface area contributed by atoms with E-state index in [1.165, 1.54) is 0 Å². The maximum Gasteiger partial charge on any atom is 0.303 e. The van der Waals surface area contributed by atoms with Gasteiger partial charge in [0.05, 0.1) is 22.8 Å². The van der Waals surface area contributed by atoms with Crippen LogP contribution in [-0.4, -0.2) is 56.6 Å². The van der Waals surface area contributed by atoms with Crippen molar-refractivity contribution in [3.05, 3.63) is 82.5 Å². The standard InChI is InChI=1S/C40H48N6O3/c1-8-11-16-41-17-18-42-39(47)14-12-29-25(6)34-21-36-28(10-3)24(5)33(44-36)20-35-27(9-2)23(4)31(43-35)19-32-26(7)30(13-15-40(48)49)38(45-32)22-37(29)46-34/h9-10,19-22,41,43-44H,2-3,8,11-18H2,1,4-7H3,(H,42,47)(H,48,49). The molecule has 0 spiro atoms. The predicted octanol–water partition coefficient (Wildman–Crippen LogP) is 8.23. The van der Waals surface area contributed by atoms with Crippen LogP contribution in [0.2, 0.25) is 0 Å². The number of carbonyl (C=O) groups is 2. The summed E-state index contributed by atoms with van der Waals surface area (Å²) in [5.74, 6) is -0.876. The van der Waals surface area contributed by atoms with Gasteiger partial charge in [0.25, 0.3) is 0 Å². The molecule has 8 bridgehead atoms. The zero-order valence-electron chi connectivity index (χ0n) is 29.4. The van der Waals surface area contributed by atoms with Crippen LogP contribution in [0.5, 0.6) is 0 Å². The fraction of sp³-hybridized carbons (Fsp3) is 0.350. The van der Waals surface area contributed by atoms with Gasteiger partial charge in [-0.15, -0.1) is 0 Å². The predicted molar refractivity (Wildman–Crippen MR) is 203 cm³/mol. The van der Waals surface area contributed by atoms with Gasteiger partial charge >= 0.3 is 5.97 Å². The second-order valence-electron chi connectivity index (χ2n) is 12.8. The van der Waals surface area contributed by atoms with Crippen molar-refractivity contribution in [1.29, 1.82) is 0 Å². The highest BCUT2D eigenvalue weighted by Gasteiger charge is 2.23. The van der Waals surface area contributed by atoms with Gasteiger partial charge in [-0.05, 0) is 111 Å². The van der Waals surface area contributed by atoms with E-state index < -0.39 is 5.97 Å². The molecule has 3 aromatic rings. The first-order valence-electron chi connectivity index (χ1n) is 17.2. The molecule has 0 fully saturated rings. The molecule has 2 aliphatic heterocycles. The molecule has 3 aromatic heterocycles. The Kier molecular flexibility index (Phi) is 11.1. The largest absolute Gasteiger partial charge is 0.481 e. The summed E-state index contributed by atoms with van der Waals surface area (Å²) in [6.07, 6.45) is 7.11. The average molecular weight is 661 g/mol. The lowest BCUT2D eigenvalue weighted by Gasteiger charge is -2.08. The number of H-pyrrole nitrogens is 2. The van der Waals surface area contributed by atoms with E-state index in [1.807, 2.05) is 44.2 Å². The normalized spacial score (nSPS) is 12.8. The van der Waals surface area contributed by atoms with Crippen molar-refractivity contribution in [3.8, 4) is 0 Å². The van der Waals surface area contributed by atoms with Crippen LogP contribution in [0, 0.1) is 13.8 Å². The van der Waals surface area contributed by atoms with Gasteiger partial charge in [-0.3, -0.25) is 9.59 Å². The number of hydrogen-bond donors (Lipinski definition) is 5. The molecule has 9 nitrogen and oxygen atoms in total. The third-order valence-corrected chi connectivity index (χ3v) is 9.56. The van der Waals surface area contributed by atoms with Gasteiger partial charge in [0.15, 0.2) is 0 Å².